The van der Waals surface area contributed by atoms with Gasteiger partial charge in [0.05, 0.1) is 12.6 Å². The topological polar surface area (TPSA) is 355 Å². The zero-order valence-electron chi connectivity index (χ0n) is 26.9. The van der Waals surface area contributed by atoms with Gasteiger partial charge < -0.3 is 65.9 Å². The maximum Gasteiger partial charge on any atom is 0.326 e. The van der Waals surface area contributed by atoms with Crippen molar-refractivity contribution in [2.45, 2.75) is 75.5 Å². The molecule has 0 radical (unpaired) electrons. The van der Waals surface area contributed by atoms with Gasteiger partial charge in [-0.25, -0.2) is 4.79 Å². The van der Waals surface area contributed by atoms with Gasteiger partial charge in [0.1, 0.15) is 23.9 Å². The molecule has 0 unspecified atom stereocenters. The van der Waals surface area contributed by atoms with Crippen LogP contribution in [-0.2, 0) is 30.4 Å². The Morgan fingerprint density at radius 2 is 1.23 bits per heavy atom. The third-order valence-corrected chi connectivity index (χ3v) is 6.89. The Labute approximate surface area is 278 Å². The maximum absolute atomic E-state index is 13.4. The number of benzene rings is 1. The lowest BCUT2D eigenvalue weighted by Gasteiger charge is -2.24. The van der Waals surface area contributed by atoms with Crippen LogP contribution in [0.15, 0.2) is 34.3 Å². The predicted molar refractivity (Wildman–Crippen MR) is 179 cm³/mol. The van der Waals surface area contributed by atoms with Crippen molar-refractivity contribution >= 4 is 41.5 Å². The lowest BCUT2D eigenvalue weighted by Crippen LogP contribution is -2.56. The van der Waals surface area contributed by atoms with Crippen molar-refractivity contribution < 1.29 is 34.2 Å². The average Bonchev–Trinajstić information content (AvgIpc) is 3.02. The van der Waals surface area contributed by atoms with Gasteiger partial charge in [-0.2, -0.15) is 0 Å². The lowest BCUT2D eigenvalue weighted by atomic mass is 10.0. The molecule has 0 aliphatic carbocycles. The van der Waals surface area contributed by atoms with Gasteiger partial charge in [-0.1, -0.05) is 12.1 Å². The van der Waals surface area contributed by atoms with E-state index < -0.39 is 60.3 Å². The van der Waals surface area contributed by atoms with E-state index in [1.807, 2.05) is 0 Å². The second-order valence-electron chi connectivity index (χ2n) is 11.0. The second-order valence-corrected chi connectivity index (χ2v) is 11.0. The number of phenols is 1. The van der Waals surface area contributed by atoms with Crippen LogP contribution >= 0.6 is 0 Å². The molecule has 1 aromatic rings. The van der Waals surface area contributed by atoms with Gasteiger partial charge in [0.15, 0.2) is 11.9 Å². The fourth-order valence-corrected chi connectivity index (χ4v) is 4.36. The molecule has 0 saturated carbocycles. The maximum atomic E-state index is 13.4. The Hall–Kier alpha value is -5.17. The molecule has 48 heavy (non-hydrogen) atoms. The number of nitrogens with one attached hydrogen (secondary N) is 4. The van der Waals surface area contributed by atoms with E-state index in [4.69, 9.17) is 34.4 Å². The number of unbranched alkanes of at least 4 members (excludes halogenated alkanes) is 1. The minimum atomic E-state index is -1.28. The summed E-state index contributed by atoms with van der Waals surface area (Å²) >= 11 is 0. The minimum absolute atomic E-state index is 0.0329. The van der Waals surface area contributed by atoms with E-state index in [-0.39, 0.29) is 69.3 Å². The number of amides is 4. The molecule has 0 heterocycles. The Morgan fingerprint density at radius 3 is 1.77 bits per heavy atom. The number of carbonyl (C=O) groups is 5. The number of hydrogen-bond acceptors (Lipinski definition) is 10. The number of carbonyl (C=O) groups excluding carboxylic acids is 4. The number of nitrogens with two attached hydrogens (primary N) is 6. The zero-order chi connectivity index (χ0) is 36.1. The molecule has 18 N–H and O–H groups in total. The zero-order valence-corrected chi connectivity index (χ0v) is 26.9. The molecular formula is C29H50N12O7. The molecule has 1 aromatic carbocycles. The number of carboxylic acid groups (broad SMARTS) is 1. The van der Waals surface area contributed by atoms with Gasteiger partial charge in [-0.3, -0.25) is 29.2 Å². The minimum Gasteiger partial charge on any atom is -0.508 e. The first-order valence-electron chi connectivity index (χ1n) is 15.5. The summed E-state index contributed by atoms with van der Waals surface area (Å²) in [6, 6.07) is 1.66. The average molecular weight is 679 g/mol. The summed E-state index contributed by atoms with van der Waals surface area (Å²) in [4.78, 5) is 71.3. The molecule has 0 aromatic heterocycles. The number of rotatable bonds is 23. The smallest absolute Gasteiger partial charge is 0.326 e. The van der Waals surface area contributed by atoms with Gasteiger partial charge >= 0.3 is 5.97 Å². The van der Waals surface area contributed by atoms with E-state index in [2.05, 4.69) is 31.3 Å². The fourth-order valence-electron chi connectivity index (χ4n) is 4.36. The number of aliphatic carboxylic acids is 1. The summed E-state index contributed by atoms with van der Waals surface area (Å²) in [5, 5.41) is 28.9. The first-order chi connectivity index (χ1) is 22.7. The number of hydrogen-bond donors (Lipinski definition) is 12. The van der Waals surface area contributed by atoms with E-state index >= 15 is 0 Å². The summed E-state index contributed by atoms with van der Waals surface area (Å²) in [5.74, 6) is -4.32. The molecule has 1 rings (SSSR count). The number of phenolic OH excluding ortho intramolecular Hbond substituents is 1. The number of aromatic hydroxyl groups is 1. The number of carboxylic acids is 1. The van der Waals surface area contributed by atoms with Crippen molar-refractivity contribution in [3.8, 4) is 5.75 Å². The number of guanidine groups is 2. The molecular weight excluding hydrogens is 628 g/mol. The summed E-state index contributed by atoms with van der Waals surface area (Å²) in [6.07, 6.45) is 2.03. The molecule has 0 bridgehead atoms. The molecule has 4 amide bonds. The van der Waals surface area contributed by atoms with Gasteiger partial charge in [-0.15, -0.1) is 0 Å². The van der Waals surface area contributed by atoms with Crippen molar-refractivity contribution in [1.29, 1.82) is 0 Å². The van der Waals surface area contributed by atoms with Crippen LogP contribution in [0.4, 0.5) is 0 Å². The fraction of sp³-hybridized carbons (Fsp3) is 0.552. The highest BCUT2D eigenvalue weighted by atomic mass is 16.4. The lowest BCUT2D eigenvalue weighted by molar-refractivity contribution is -0.142. The SMILES string of the molecule is NCCCC[C@H](NC(=O)[C@@H](N)Cc1ccc(O)cc1)C(=O)N[C@@H](CCCN=C(N)N)C(=O)NCC(=O)N[C@@H](CCCN=C(N)N)C(=O)O. The Kier molecular flexibility index (Phi) is 19.0. The quantitative estimate of drug-likeness (QED) is 0.0300. The van der Waals surface area contributed by atoms with E-state index in [1.165, 1.54) is 12.1 Å². The van der Waals surface area contributed by atoms with Crippen LogP contribution < -0.4 is 55.7 Å². The molecule has 0 spiro atoms. The Morgan fingerprint density at radius 1 is 0.708 bits per heavy atom. The van der Waals surface area contributed by atoms with Gasteiger partial charge in [0, 0.05) is 13.1 Å². The van der Waals surface area contributed by atoms with E-state index in [0.717, 1.165) is 0 Å². The third kappa shape index (κ3) is 17.5. The molecule has 0 saturated heterocycles. The molecule has 0 fully saturated rings. The van der Waals surface area contributed by atoms with Gasteiger partial charge in [0.2, 0.25) is 23.6 Å². The molecule has 19 heteroatoms. The van der Waals surface area contributed by atoms with Crippen LogP contribution in [0.3, 0.4) is 0 Å². The summed E-state index contributed by atoms with van der Waals surface area (Å²) in [5.41, 5.74) is 33.7. The second kappa shape index (κ2) is 22.4. The van der Waals surface area contributed by atoms with Crippen molar-refractivity contribution in [3.05, 3.63) is 29.8 Å². The number of aliphatic imine (C=N–C) groups is 2. The van der Waals surface area contributed by atoms with Crippen molar-refractivity contribution in [3.63, 3.8) is 0 Å². The summed E-state index contributed by atoms with van der Waals surface area (Å²) in [6.45, 7) is 0.0858. The highest BCUT2D eigenvalue weighted by molar-refractivity contribution is 5.94. The Bertz CT molecular complexity index is 1250. The van der Waals surface area contributed by atoms with Crippen molar-refractivity contribution in [2.75, 3.05) is 26.2 Å². The Balaban J connectivity index is 2.96. The summed E-state index contributed by atoms with van der Waals surface area (Å²) < 4.78 is 0. The normalized spacial score (nSPS) is 13.1. The van der Waals surface area contributed by atoms with Crippen LogP contribution in [0.5, 0.6) is 5.75 Å². The van der Waals surface area contributed by atoms with Crippen molar-refractivity contribution in [1.82, 2.24) is 21.3 Å². The van der Waals surface area contributed by atoms with Gasteiger partial charge in [0.25, 0.3) is 0 Å². The molecule has 0 aliphatic rings. The standard InChI is InChI=1S/C29H50N12O7/c30-12-2-1-5-21(40-24(44)19(31)15-17-8-10-18(42)11-9-17)26(46)41-20(6-3-13-36-28(32)33)25(45)38-16-23(43)39-22(27(47)48)7-4-14-37-29(34)35/h8-11,19-22,42H,1-7,12-16,30-31H2,(H,38,45)(H,39,43)(H,40,44)(H,41,46)(H,47,48)(H4,32,33,36)(H4,34,35,37)/t19-,20-,21-,22-/m0/s1. The van der Waals surface area contributed by atoms with Crippen LogP contribution in [-0.4, -0.2) is 102 Å². The van der Waals surface area contributed by atoms with Crippen LogP contribution in [0.1, 0.15) is 50.5 Å². The van der Waals surface area contributed by atoms with E-state index in [9.17, 15) is 34.2 Å². The largest absolute Gasteiger partial charge is 0.508 e. The van der Waals surface area contributed by atoms with Crippen LogP contribution in [0.2, 0.25) is 0 Å². The van der Waals surface area contributed by atoms with Gasteiger partial charge in [-0.05, 0) is 75.6 Å². The third-order valence-electron chi connectivity index (χ3n) is 6.89. The first kappa shape index (κ1) is 40.9. The summed E-state index contributed by atoms with van der Waals surface area (Å²) in [7, 11) is 0. The first-order valence-corrected chi connectivity index (χ1v) is 15.5. The van der Waals surface area contributed by atoms with E-state index in [0.29, 0.717) is 24.9 Å². The molecule has 19 nitrogen and oxygen atoms in total. The van der Waals surface area contributed by atoms with Crippen molar-refractivity contribution in [2.24, 2.45) is 44.4 Å². The van der Waals surface area contributed by atoms with E-state index in [1.54, 1.807) is 12.1 Å². The molecule has 4 atom stereocenters. The predicted octanol–water partition coefficient (Wildman–Crippen LogP) is -3.85. The molecule has 268 valence electrons. The number of nitrogens with zero attached hydrogens (tertiary/aromatic N) is 2. The highest BCUT2D eigenvalue weighted by Crippen LogP contribution is 2.11. The monoisotopic (exact) mass is 678 g/mol. The highest BCUT2D eigenvalue weighted by Gasteiger charge is 2.28. The van der Waals surface area contributed by atoms with Crippen LogP contribution in [0.25, 0.3) is 0 Å². The molecule has 0 aliphatic heterocycles. The van der Waals surface area contributed by atoms with Crippen LogP contribution in [0, 0.1) is 0 Å².